The van der Waals surface area contributed by atoms with Crippen LogP contribution in [0, 0.1) is 5.92 Å². The van der Waals surface area contributed by atoms with Crippen LogP contribution in [0.25, 0.3) is 0 Å². The van der Waals surface area contributed by atoms with E-state index in [0.29, 0.717) is 36.9 Å². The van der Waals surface area contributed by atoms with Gasteiger partial charge >= 0.3 is 6.03 Å². The van der Waals surface area contributed by atoms with Gasteiger partial charge in [0, 0.05) is 25.9 Å². The van der Waals surface area contributed by atoms with Crippen molar-refractivity contribution < 1.29 is 9.53 Å². The summed E-state index contributed by atoms with van der Waals surface area (Å²) < 4.78 is 7.98. The van der Waals surface area contributed by atoms with Gasteiger partial charge in [-0.15, -0.1) is 10.2 Å². The predicted octanol–water partition coefficient (Wildman–Crippen LogP) is 3.40. The minimum absolute atomic E-state index is 0.244. The Morgan fingerprint density at radius 2 is 2.07 bits per heavy atom. The molecule has 1 aliphatic heterocycles. The van der Waals surface area contributed by atoms with Gasteiger partial charge in [-0.3, -0.25) is 0 Å². The van der Waals surface area contributed by atoms with Gasteiger partial charge in [0.25, 0.3) is 0 Å². The van der Waals surface area contributed by atoms with E-state index >= 15 is 0 Å². The smallest absolute Gasteiger partial charge is 0.319 e. The number of carbonyl (C=O) groups excluding carboxylic acids is 1. The fourth-order valence-electron chi connectivity index (χ4n) is 3.14. The van der Waals surface area contributed by atoms with Crippen LogP contribution in [0.2, 0.25) is 0 Å². The largest absolute Gasteiger partial charge is 0.491 e. The van der Waals surface area contributed by atoms with Crippen molar-refractivity contribution in [3.05, 3.63) is 35.9 Å². The normalized spacial score (nSPS) is 13.7. The summed E-state index contributed by atoms with van der Waals surface area (Å²) in [7, 11) is 0. The summed E-state index contributed by atoms with van der Waals surface area (Å²) in [6, 6.07) is 7.24. The number of urea groups is 1. The van der Waals surface area contributed by atoms with Crippen LogP contribution in [-0.4, -0.2) is 33.9 Å². The zero-order valence-corrected chi connectivity index (χ0v) is 16.2. The van der Waals surface area contributed by atoms with Crippen LogP contribution < -0.4 is 15.4 Å². The van der Waals surface area contributed by atoms with E-state index in [2.05, 4.69) is 39.2 Å². The van der Waals surface area contributed by atoms with Gasteiger partial charge in [0.1, 0.15) is 17.4 Å². The lowest BCUT2D eigenvalue weighted by molar-refractivity contribution is 0.251. The molecule has 0 fully saturated rings. The average molecular weight is 371 g/mol. The average Bonchev–Trinajstić information content (AvgIpc) is 2.87. The van der Waals surface area contributed by atoms with Gasteiger partial charge in [0.15, 0.2) is 0 Å². The lowest BCUT2D eigenvalue weighted by Gasteiger charge is -2.14. The number of benzene rings is 1. The molecule has 1 aromatic carbocycles. The Bertz CT molecular complexity index is 757. The topological polar surface area (TPSA) is 81.1 Å². The Morgan fingerprint density at radius 1 is 1.22 bits per heavy atom. The number of para-hydroxylation sites is 2. The first-order valence-corrected chi connectivity index (χ1v) is 9.81. The Labute approximate surface area is 160 Å². The maximum absolute atomic E-state index is 12.3. The number of amides is 2. The first-order valence-electron chi connectivity index (χ1n) is 9.81. The van der Waals surface area contributed by atoms with Crippen molar-refractivity contribution in [2.24, 2.45) is 5.92 Å². The van der Waals surface area contributed by atoms with Crippen LogP contribution >= 0.6 is 0 Å². The van der Waals surface area contributed by atoms with Crippen LogP contribution in [0.4, 0.5) is 10.5 Å². The van der Waals surface area contributed by atoms with Crippen molar-refractivity contribution >= 4 is 11.7 Å². The van der Waals surface area contributed by atoms with Gasteiger partial charge < -0.3 is 19.9 Å². The second-order valence-corrected chi connectivity index (χ2v) is 7.33. The maximum atomic E-state index is 12.3. The van der Waals surface area contributed by atoms with Crippen LogP contribution in [0.5, 0.6) is 5.75 Å². The fraction of sp³-hybridized carbons (Fsp3) is 0.550. The van der Waals surface area contributed by atoms with E-state index in [-0.39, 0.29) is 6.03 Å². The van der Waals surface area contributed by atoms with Gasteiger partial charge in [-0.25, -0.2) is 4.79 Å². The van der Waals surface area contributed by atoms with Gasteiger partial charge in [0.2, 0.25) is 0 Å². The summed E-state index contributed by atoms with van der Waals surface area (Å²) in [4.78, 5) is 12.3. The molecule has 27 heavy (non-hydrogen) atoms. The van der Waals surface area contributed by atoms with Crippen LogP contribution in [0.3, 0.4) is 0 Å². The summed E-state index contributed by atoms with van der Waals surface area (Å²) in [6.07, 6.45) is 5.25. The number of anilines is 1. The molecule has 2 aromatic rings. The van der Waals surface area contributed by atoms with E-state index in [1.54, 1.807) is 0 Å². The van der Waals surface area contributed by atoms with E-state index in [1.807, 2.05) is 24.3 Å². The summed E-state index contributed by atoms with van der Waals surface area (Å²) in [5.74, 6) is 3.13. The number of nitrogens with one attached hydrogen (secondary N) is 2. The number of aryl methyl sites for hydroxylation is 1. The van der Waals surface area contributed by atoms with Gasteiger partial charge in [-0.1, -0.05) is 32.4 Å². The molecule has 0 unspecified atom stereocenters. The highest BCUT2D eigenvalue weighted by molar-refractivity contribution is 5.90. The van der Waals surface area contributed by atoms with E-state index in [1.165, 1.54) is 19.3 Å². The number of ether oxygens (including phenoxy) is 1. The zero-order chi connectivity index (χ0) is 19.1. The van der Waals surface area contributed by atoms with Crippen molar-refractivity contribution in [2.45, 2.75) is 52.5 Å². The minimum Gasteiger partial charge on any atom is -0.491 e. The van der Waals surface area contributed by atoms with Crippen LogP contribution in [0.1, 0.15) is 44.8 Å². The molecule has 2 heterocycles. The molecule has 2 N–H and O–H groups in total. The molecule has 0 aliphatic carbocycles. The molecule has 0 saturated carbocycles. The second kappa shape index (κ2) is 9.39. The van der Waals surface area contributed by atoms with Crippen molar-refractivity contribution in [3.63, 3.8) is 0 Å². The molecule has 2 amide bonds. The molecule has 7 nitrogen and oxygen atoms in total. The summed E-state index contributed by atoms with van der Waals surface area (Å²) in [5, 5.41) is 14.4. The Morgan fingerprint density at radius 3 is 2.93 bits per heavy atom. The van der Waals surface area contributed by atoms with Crippen LogP contribution in [0.15, 0.2) is 24.3 Å². The summed E-state index contributed by atoms with van der Waals surface area (Å²) in [6.45, 7) is 6.28. The quantitative estimate of drug-likeness (QED) is 0.782. The minimum atomic E-state index is -0.244. The third-order valence-electron chi connectivity index (χ3n) is 4.53. The molecule has 0 spiro atoms. The first kappa shape index (κ1) is 19.2. The molecule has 3 rings (SSSR count). The Balaban J connectivity index is 1.50. The third kappa shape index (κ3) is 5.45. The van der Waals surface area contributed by atoms with E-state index in [9.17, 15) is 4.79 Å². The molecular weight excluding hydrogens is 342 g/mol. The highest BCUT2D eigenvalue weighted by Crippen LogP contribution is 2.24. The first-order chi connectivity index (χ1) is 13.1. The zero-order valence-electron chi connectivity index (χ0n) is 16.2. The lowest BCUT2D eigenvalue weighted by Crippen LogP contribution is -2.31. The summed E-state index contributed by atoms with van der Waals surface area (Å²) >= 11 is 0. The molecule has 0 bridgehead atoms. The third-order valence-corrected chi connectivity index (χ3v) is 4.53. The molecular formula is C20H29N5O2. The van der Waals surface area contributed by atoms with Crippen molar-refractivity contribution in [1.82, 2.24) is 20.1 Å². The monoisotopic (exact) mass is 371 g/mol. The number of hydrogen-bond acceptors (Lipinski definition) is 4. The number of aromatic nitrogens is 3. The van der Waals surface area contributed by atoms with Crippen molar-refractivity contribution in [2.75, 3.05) is 18.5 Å². The molecule has 0 atom stereocenters. The lowest BCUT2D eigenvalue weighted by atomic mass is 10.2. The number of fused-ring (bicyclic) bond motifs is 1. The molecule has 1 aromatic heterocycles. The number of nitrogens with zero attached hydrogens (tertiary/aromatic N) is 3. The Hall–Kier alpha value is -2.57. The summed E-state index contributed by atoms with van der Waals surface area (Å²) in [5.41, 5.74) is 0.673. The standard InChI is InChI=1S/C20H29N5O2/c1-15(2)14-27-17-9-6-5-8-16(17)22-20(26)21-12-11-19-24-23-18-10-4-3-7-13-25(18)19/h5-6,8-9,15H,3-4,7,10-14H2,1-2H3,(H2,21,22,26). The Kier molecular flexibility index (Phi) is 6.68. The van der Waals surface area contributed by atoms with E-state index < -0.39 is 0 Å². The van der Waals surface area contributed by atoms with Crippen molar-refractivity contribution in [1.29, 1.82) is 0 Å². The van der Waals surface area contributed by atoms with E-state index in [0.717, 1.165) is 24.6 Å². The predicted molar refractivity (Wildman–Crippen MR) is 105 cm³/mol. The number of rotatable bonds is 7. The molecule has 146 valence electrons. The van der Waals surface area contributed by atoms with E-state index in [4.69, 9.17) is 4.74 Å². The van der Waals surface area contributed by atoms with Crippen molar-refractivity contribution in [3.8, 4) is 5.75 Å². The number of carbonyl (C=O) groups is 1. The van der Waals surface area contributed by atoms with Gasteiger partial charge in [-0.2, -0.15) is 0 Å². The number of hydrogen-bond donors (Lipinski definition) is 2. The maximum Gasteiger partial charge on any atom is 0.319 e. The SMILES string of the molecule is CC(C)COc1ccccc1NC(=O)NCCc1nnc2n1CCCCC2. The van der Waals surface area contributed by atoms with Gasteiger partial charge in [-0.05, 0) is 30.9 Å². The second-order valence-electron chi connectivity index (χ2n) is 7.33. The van der Waals surface area contributed by atoms with Gasteiger partial charge in [0.05, 0.1) is 12.3 Å². The highest BCUT2D eigenvalue weighted by Gasteiger charge is 2.14. The molecule has 0 radical (unpaired) electrons. The highest BCUT2D eigenvalue weighted by atomic mass is 16.5. The fourth-order valence-corrected chi connectivity index (χ4v) is 3.14. The molecule has 1 aliphatic rings. The molecule has 7 heteroatoms. The van der Waals surface area contributed by atoms with Crippen LogP contribution in [-0.2, 0) is 19.4 Å². The molecule has 0 saturated heterocycles.